The molecule has 0 unspecified atom stereocenters. The molecule has 10 heteroatoms. The Labute approximate surface area is 211 Å². The van der Waals surface area contributed by atoms with Crippen LogP contribution < -0.4 is 10.6 Å². The van der Waals surface area contributed by atoms with Crippen molar-refractivity contribution in [1.82, 2.24) is 15.3 Å². The molecule has 2 N–H and O–H groups in total. The highest BCUT2D eigenvalue weighted by atomic mass is 35.5. The van der Waals surface area contributed by atoms with Gasteiger partial charge in [-0.3, -0.25) is 14.9 Å². The Morgan fingerprint density at radius 2 is 1.97 bits per heavy atom. The van der Waals surface area contributed by atoms with Crippen molar-refractivity contribution in [1.29, 1.82) is 0 Å². The van der Waals surface area contributed by atoms with Crippen molar-refractivity contribution in [2.24, 2.45) is 0 Å². The lowest BCUT2D eigenvalue weighted by atomic mass is 9.91. The van der Waals surface area contributed by atoms with Gasteiger partial charge in [-0.25, -0.2) is 9.97 Å². The first-order valence-electron chi connectivity index (χ1n) is 11.7. The lowest BCUT2D eigenvalue weighted by Crippen LogP contribution is -2.42. The number of anilines is 1. The summed E-state index contributed by atoms with van der Waals surface area (Å²) in [5.74, 6) is -1.04. The summed E-state index contributed by atoms with van der Waals surface area (Å²) < 4.78 is 13.9. The van der Waals surface area contributed by atoms with Gasteiger partial charge in [-0.05, 0) is 55.4 Å². The highest BCUT2D eigenvalue weighted by molar-refractivity contribution is 6.32. The van der Waals surface area contributed by atoms with E-state index in [1.165, 1.54) is 11.6 Å². The molecule has 0 saturated heterocycles. The van der Waals surface area contributed by atoms with Gasteiger partial charge in [0.05, 0.1) is 21.8 Å². The molecular formula is C26H23ClFN5O3. The molecule has 2 atom stereocenters. The summed E-state index contributed by atoms with van der Waals surface area (Å²) >= 11 is 6.46. The number of nitrogens with one attached hydrogen (secondary N) is 2. The van der Waals surface area contributed by atoms with E-state index in [-0.39, 0.29) is 17.6 Å². The van der Waals surface area contributed by atoms with Crippen molar-refractivity contribution in [2.75, 3.05) is 5.32 Å². The molecule has 5 rings (SSSR count). The summed E-state index contributed by atoms with van der Waals surface area (Å²) in [6.45, 7) is 0. The SMILES string of the molecule is O=C(N[C@H]1CCC[C@@H](Nc2ncc(Cl)c(C3=CCc4ccccc43)n2)C1)c1ccc([N+](=O)[O-])c(F)c1. The third kappa shape index (κ3) is 4.92. The Morgan fingerprint density at radius 1 is 1.17 bits per heavy atom. The summed E-state index contributed by atoms with van der Waals surface area (Å²) in [5.41, 5.74) is 3.41. The van der Waals surface area contributed by atoms with Crippen molar-refractivity contribution in [3.8, 4) is 0 Å². The maximum Gasteiger partial charge on any atom is 0.304 e. The van der Waals surface area contributed by atoms with E-state index in [1.807, 2.05) is 12.1 Å². The molecule has 1 heterocycles. The third-order valence-electron chi connectivity index (χ3n) is 6.58. The van der Waals surface area contributed by atoms with Crippen molar-refractivity contribution >= 4 is 34.7 Å². The molecule has 1 aromatic heterocycles. The van der Waals surface area contributed by atoms with Gasteiger partial charge in [-0.2, -0.15) is 4.39 Å². The van der Waals surface area contributed by atoms with Gasteiger partial charge >= 0.3 is 5.69 Å². The summed E-state index contributed by atoms with van der Waals surface area (Å²) in [4.78, 5) is 31.7. The van der Waals surface area contributed by atoms with E-state index in [1.54, 1.807) is 6.20 Å². The van der Waals surface area contributed by atoms with Gasteiger partial charge in [0.15, 0.2) is 0 Å². The average molecular weight is 508 g/mol. The van der Waals surface area contributed by atoms with Gasteiger partial charge in [0, 0.05) is 29.3 Å². The predicted octanol–water partition coefficient (Wildman–Crippen LogP) is 5.32. The number of halogens is 2. The first-order valence-corrected chi connectivity index (χ1v) is 12.1. The van der Waals surface area contributed by atoms with Crippen LogP contribution >= 0.6 is 11.6 Å². The van der Waals surface area contributed by atoms with Crippen LogP contribution in [0.5, 0.6) is 0 Å². The van der Waals surface area contributed by atoms with Crippen LogP contribution in [-0.2, 0) is 6.42 Å². The van der Waals surface area contributed by atoms with Crippen LogP contribution in [0, 0.1) is 15.9 Å². The highest BCUT2D eigenvalue weighted by Crippen LogP contribution is 2.35. The number of fused-ring (bicyclic) bond motifs is 1. The molecule has 1 fully saturated rings. The fourth-order valence-electron chi connectivity index (χ4n) is 4.83. The maximum absolute atomic E-state index is 13.9. The molecule has 0 radical (unpaired) electrons. The number of carbonyl (C=O) groups is 1. The Bertz CT molecular complexity index is 1380. The Kier molecular flexibility index (Phi) is 6.65. The van der Waals surface area contributed by atoms with E-state index in [0.29, 0.717) is 23.1 Å². The van der Waals surface area contributed by atoms with Crippen molar-refractivity contribution < 1.29 is 14.1 Å². The number of nitro groups is 1. The quantitative estimate of drug-likeness (QED) is 0.345. The molecule has 0 aliphatic heterocycles. The second-order valence-corrected chi connectivity index (χ2v) is 9.38. The lowest BCUT2D eigenvalue weighted by Gasteiger charge is -2.30. The van der Waals surface area contributed by atoms with Crippen LogP contribution in [0.25, 0.3) is 5.57 Å². The second kappa shape index (κ2) is 10.0. The summed E-state index contributed by atoms with van der Waals surface area (Å²) in [7, 11) is 0. The Balaban J connectivity index is 1.25. The summed E-state index contributed by atoms with van der Waals surface area (Å²) in [5, 5.41) is 17.6. The van der Waals surface area contributed by atoms with E-state index >= 15 is 0 Å². The van der Waals surface area contributed by atoms with Crippen LogP contribution in [0.15, 0.2) is 54.7 Å². The highest BCUT2D eigenvalue weighted by Gasteiger charge is 2.26. The molecule has 1 amide bonds. The molecule has 3 aromatic rings. The summed E-state index contributed by atoms with van der Waals surface area (Å²) in [6.07, 6.45) is 7.71. The smallest absolute Gasteiger partial charge is 0.304 e. The molecule has 0 bridgehead atoms. The number of allylic oxidation sites excluding steroid dienone is 1. The van der Waals surface area contributed by atoms with E-state index in [9.17, 15) is 19.3 Å². The monoisotopic (exact) mass is 507 g/mol. The zero-order chi connectivity index (χ0) is 25.2. The molecule has 8 nitrogen and oxygen atoms in total. The van der Waals surface area contributed by atoms with Gasteiger partial charge < -0.3 is 10.6 Å². The second-order valence-electron chi connectivity index (χ2n) is 8.97. The standard InChI is InChI=1S/C26H23ClFN5O3/c27-21-14-29-26(32-24(21)20-10-8-15-4-1-2-7-19(15)20)31-18-6-3-5-17(13-18)30-25(34)16-9-11-23(33(35)36)22(28)12-16/h1-2,4,7,9-12,14,17-18H,3,5-6,8,13H2,(H,30,34)(H,29,31,32)/t17-,18+/m0/s1. The first-order chi connectivity index (χ1) is 17.4. The first kappa shape index (κ1) is 23.9. The van der Waals surface area contributed by atoms with Gasteiger partial charge in [-0.1, -0.05) is 41.9 Å². The van der Waals surface area contributed by atoms with Crippen LogP contribution in [0.4, 0.5) is 16.0 Å². The zero-order valence-electron chi connectivity index (χ0n) is 19.2. The molecule has 2 aromatic carbocycles. The molecule has 184 valence electrons. The number of hydrogen-bond acceptors (Lipinski definition) is 6. The van der Waals surface area contributed by atoms with Gasteiger partial charge in [0.1, 0.15) is 0 Å². The topological polar surface area (TPSA) is 110 Å². The fourth-order valence-corrected chi connectivity index (χ4v) is 5.03. The van der Waals surface area contributed by atoms with Crippen molar-refractivity contribution in [3.63, 3.8) is 0 Å². The maximum atomic E-state index is 13.9. The number of nitro benzene ring substituents is 1. The molecular weight excluding hydrogens is 485 g/mol. The van der Waals surface area contributed by atoms with E-state index in [0.717, 1.165) is 49.0 Å². The third-order valence-corrected chi connectivity index (χ3v) is 6.86. The number of amides is 1. The minimum atomic E-state index is -1.04. The number of carbonyl (C=O) groups excluding carboxylic acids is 1. The molecule has 2 aliphatic rings. The molecule has 2 aliphatic carbocycles. The summed E-state index contributed by atoms with van der Waals surface area (Å²) in [6, 6.07) is 11.2. The van der Waals surface area contributed by atoms with Crippen LogP contribution in [0.1, 0.15) is 52.9 Å². The number of rotatable bonds is 6. The van der Waals surface area contributed by atoms with Crippen molar-refractivity contribution in [2.45, 2.75) is 44.2 Å². The number of hydrogen-bond donors (Lipinski definition) is 2. The molecule has 36 heavy (non-hydrogen) atoms. The van der Waals surface area contributed by atoms with E-state index < -0.39 is 22.3 Å². The fraction of sp³-hybridized carbons (Fsp3) is 0.269. The van der Waals surface area contributed by atoms with E-state index in [4.69, 9.17) is 16.6 Å². The van der Waals surface area contributed by atoms with Crippen LogP contribution in [-0.4, -0.2) is 32.9 Å². The minimum absolute atomic E-state index is 0.0246. The van der Waals surface area contributed by atoms with Crippen LogP contribution in [0.3, 0.4) is 0 Å². The minimum Gasteiger partial charge on any atom is -0.351 e. The molecule has 1 saturated carbocycles. The Morgan fingerprint density at radius 3 is 2.78 bits per heavy atom. The van der Waals surface area contributed by atoms with E-state index in [2.05, 4.69) is 33.8 Å². The number of aromatic nitrogens is 2. The number of nitrogens with zero attached hydrogens (tertiary/aromatic N) is 3. The van der Waals surface area contributed by atoms with Gasteiger partial charge in [0.2, 0.25) is 11.8 Å². The predicted molar refractivity (Wildman–Crippen MR) is 134 cm³/mol. The largest absolute Gasteiger partial charge is 0.351 e. The molecule has 0 spiro atoms. The van der Waals surface area contributed by atoms with Gasteiger partial charge in [-0.15, -0.1) is 0 Å². The lowest BCUT2D eigenvalue weighted by molar-refractivity contribution is -0.387. The zero-order valence-corrected chi connectivity index (χ0v) is 20.0. The van der Waals surface area contributed by atoms with Crippen LogP contribution in [0.2, 0.25) is 5.02 Å². The van der Waals surface area contributed by atoms with Gasteiger partial charge in [0.25, 0.3) is 5.91 Å². The van der Waals surface area contributed by atoms with Crippen molar-refractivity contribution in [3.05, 3.63) is 98.1 Å². The normalized spacial score (nSPS) is 18.8. The number of benzene rings is 2. The Hall–Kier alpha value is -3.85. The average Bonchev–Trinajstić information content (AvgIpc) is 3.29.